The lowest BCUT2D eigenvalue weighted by molar-refractivity contribution is -0.144. The van der Waals surface area contributed by atoms with Crippen LogP contribution >= 0.6 is 11.3 Å². The minimum absolute atomic E-state index is 0.0172. The van der Waals surface area contributed by atoms with Crippen LogP contribution in [0.3, 0.4) is 0 Å². The predicted octanol–water partition coefficient (Wildman–Crippen LogP) is 2.33. The van der Waals surface area contributed by atoms with E-state index in [9.17, 15) is 18.8 Å². The largest absolute Gasteiger partial charge is 0.491 e. The highest BCUT2D eigenvalue weighted by atomic mass is 32.1. The van der Waals surface area contributed by atoms with Crippen molar-refractivity contribution in [2.24, 2.45) is 5.73 Å². The molecule has 2 aliphatic rings. The van der Waals surface area contributed by atoms with Crippen molar-refractivity contribution in [3.63, 3.8) is 0 Å². The summed E-state index contributed by atoms with van der Waals surface area (Å²) in [7, 11) is 1.24. The van der Waals surface area contributed by atoms with Crippen molar-refractivity contribution in [2.75, 3.05) is 33.5 Å². The van der Waals surface area contributed by atoms with Crippen LogP contribution in [-0.2, 0) is 19.1 Å². The summed E-state index contributed by atoms with van der Waals surface area (Å²) in [6.07, 6.45) is 2.13. The van der Waals surface area contributed by atoms with Crippen molar-refractivity contribution in [1.29, 1.82) is 0 Å². The molecule has 4 rings (SSSR count). The van der Waals surface area contributed by atoms with E-state index in [4.69, 9.17) is 19.9 Å². The van der Waals surface area contributed by atoms with E-state index in [-0.39, 0.29) is 31.2 Å². The lowest BCUT2D eigenvalue weighted by Crippen LogP contribution is -2.44. The minimum Gasteiger partial charge on any atom is -0.491 e. The molecule has 0 aliphatic carbocycles. The standard InChI is InChI=1S/C25H30FN3O6S/c1-33-25(32)21-13-34-5-3-2-4-23(30)29-11-18(27)10-19(29)12-35-20-7-15(6-17(26)9-20)16-8-22(36-14-16)24(31)28-21/h6-9,14,18-19,21H,2-5,10-13,27H2,1H3,(H,28,31)/t18-,19-,21-/m0/s1. The molecule has 1 fully saturated rings. The maximum absolute atomic E-state index is 14.4. The van der Waals surface area contributed by atoms with Gasteiger partial charge in [0.1, 0.15) is 18.2 Å². The summed E-state index contributed by atoms with van der Waals surface area (Å²) < 4.78 is 30.7. The van der Waals surface area contributed by atoms with Gasteiger partial charge in [0.2, 0.25) is 5.91 Å². The Morgan fingerprint density at radius 3 is 2.83 bits per heavy atom. The van der Waals surface area contributed by atoms with Gasteiger partial charge in [-0.05, 0) is 54.0 Å². The number of nitrogens with two attached hydrogens (primary N) is 1. The fourth-order valence-corrected chi connectivity index (χ4v) is 5.21. The number of fused-ring (bicyclic) bond motifs is 6. The quantitative estimate of drug-likeness (QED) is 0.555. The van der Waals surface area contributed by atoms with Crippen LogP contribution in [0, 0.1) is 5.82 Å². The van der Waals surface area contributed by atoms with Crippen molar-refractivity contribution in [3.05, 3.63) is 40.3 Å². The van der Waals surface area contributed by atoms with E-state index < -0.39 is 23.7 Å². The van der Waals surface area contributed by atoms with Gasteiger partial charge in [-0.1, -0.05) is 0 Å². The lowest BCUT2D eigenvalue weighted by atomic mass is 10.1. The normalized spacial score (nSPS) is 23.9. The molecule has 2 amide bonds. The molecule has 1 aromatic carbocycles. The summed E-state index contributed by atoms with van der Waals surface area (Å²) in [5, 5.41) is 4.37. The number of carbonyl (C=O) groups excluding carboxylic acids is 3. The molecule has 3 N–H and O–H groups in total. The topological polar surface area (TPSA) is 120 Å². The van der Waals surface area contributed by atoms with Crippen LogP contribution in [-0.4, -0.2) is 74.3 Å². The van der Waals surface area contributed by atoms with Crippen molar-refractivity contribution in [3.8, 4) is 16.9 Å². The number of esters is 1. The molecule has 3 atom stereocenters. The zero-order chi connectivity index (χ0) is 25.7. The van der Waals surface area contributed by atoms with Crippen LogP contribution in [0.25, 0.3) is 11.1 Å². The monoisotopic (exact) mass is 519 g/mol. The zero-order valence-electron chi connectivity index (χ0n) is 20.0. The van der Waals surface area contributed by atoms with E-state index in [0.717, 1.165) is 0 Å². The number of nitrogens with one attached hydrogen (secondary N) is 1. The first-order valence-electron chi connectivity index (χ1n) is 11.9. The van der Waals surface area contributed by atoms with Crippen molar-refractivity contribution in [1.82, 2.24) is 10.2 Å². The van der Waals surface area contributed by atoms with Gasteiger partial charge in [-0.2, -0.15) is 0 Å². The molecule has 0 unspecified atom stereocenters. The zero-order valence-corrected chi connectivity index (χ0v) is 20.9. The molecule has 194 valence electrons. The van der Waals surface area contributed by atoms with Gasteiger partial charge in [0.05, 0.1) is 24.6 Å². The van der Waals surface area contributed by atoms with Crippen LogP contribution < -0.4 is 15.8 Å². The van der Waals surface area contributed by atoms with Gasteiger partial charge in [0.15, 0.2) is 6.04 Å². The second-order valence-corrected chi connectivity index (χ2v) is 9.87. The number of halogens is 1. The Morgan fingerprint density at radius 1 is 1.19 bits per heavy atom. The van der Waals surface area contributed by atoms with Crippen LogP contribution in [0.5, 0.6) is 5.75 Å². The Bertz CT molecular complexity index is 1110. The average Bonchev–Trinajstić information content (AvgIpc) is 3.49. The van der Waals surface area contributed by atoms with E-state index in [0.29, 0.717) is 60.6 Å². The highest BCUT2D eigenvalue weighted by molar-refractivity contribution is 7.12. The van der Waals surface area contributed by atoms with Gasteiger partial charge in [0, 0.05) is 31.7 Å². The van der Waals surface area contributed by atoms with Gasteiger partial charge in [-0.3, -0.25) is 9.59 Å². The van der Waals surface area contributed by atoms with Crippen molar-refractivity contribution < 1.29 is 33.0 Å². The molecule has 11 heteroatoms. The Labute approximate surface area is 212 Å². The summed E-state index contributed by atoms with van der Waals surface area (Å²) >= 11 is 1.17. The molecule has 36 heavy (non-hydrogen) atoms. The number of amides is 2. The number of nitrogens with zero attached hydrogens (tertiary/aromatic N) is 1. The third-order valence-corrected chi connectivity index (χ3v) is 7.17. The van der Waals surface area contributed by atoms with Gasteiger partial charge in [-0.15, -0.1) is 11.3 Å². The number of hydrogen-bond donors (Lipinski definition) is 2. The first kappa shape index (κ1) is 26.1. The van der Waals surface area contributed by atoms with Crippen molar-refractivity contribution in [2.45, 2.75) is 43.8 Å². The van der Waals surface area contributed by atoms with Gasteiger partial charge < -0.3 is 30.2 Å². The summed E-state index contributed by atoms with van der Waals surface area (Å²) in [6, 6.07) is 4.64. The molecule has 0 spiro atoms. The summed E-state index contributed by atoms with van der Waals surface area (Å²) in [6.45, 7) is 0.928. The van der Waals surface area contributed by atoms with E-state index in [1.54, 1.807) is 22.4 Å². The van der Waals surface area contributed by atoms with E-state index in [1.165, 1.54) is 30.6 Å². The number of methoxy groups -OCH3 is 1. The molecular formula is C25H30FN3O6S. The summed E-state index contributed by atoms with van der Waals surface area (Å²) in [4.78, 5) is 39.9. The maximum atomic E-state index is 14.4. The fraction of sp³-hybridized carbons (Fsp3) is 0.480. The molecule has 0 saturated carbocycles. The Hall–Kier alpha value is -3.02. The molecule has 1 aromatic heterocycles. The third kappa shape index (κ3) is 6.40. The molecule has 0 radical (unpaired) electrons. The van der Waals surface area contributed by atoms with Crippen LogP contribution in [0.2, 0.25) is 0 Å². The number of thiophene rings is 1. The highest BCUT2D eigenvalue weighted by Crippen LogP contribution is 2.30. The Balaban J connectivity index is 1.59. The first-order valence-corrected chi connectivity index (χ1v) is 12.8. The van der Waals surface area contributed by atoms with E-state index in [1.807, 2.05) is 0 Å². The lowest BCUT2D eigenvalue weighted by Gasteiger charge is -2.25. The Kier molecular flexibility index (Phi) is 8.55. The SMILES string of the molecule is COC(=O)[C@@H]1COCCCCC(=O)N2C[C@@H](N)C[C@H]2COc2cc(F)cc(c2)-c2csc(c2)C(=O)N1. The highest BCUT2D eigenvalue weighted by Gasteiger charge is 2.33. The fourth-order valence-electron chi connectivity index (χ4n) is 4.39. The summed E-state index contributed by atoms with van der Waals surface area (Å²) in [5.74, 6) is -1.26. The molecule has 9 nitrogen and oxygen atoms in total. The van der Waals surface area contributed by atoms with E-state index in [2.05, 4.69) is 5.32 Å². The maximum Gasteiger partial charge on any atom is 0.330 e. The smallest absolute Gasteiger partial charge is 0.330 e. The molecule has 4 bridgehead atoms. The Morgan fingerprint density at radius 2 is 2.03 bits per heavy atom. The van der Waals surface area contributed by atoms with Crippen LogP contribution in [0.15, 0.2) is 29.6 Å². The minimum atomic E-state index is -0.985. The molecule has 3 heterocycles. The predicted molar refractivity (Wildman–Crippen MR) is 131 cm³/mol. The van der Waals surface area contributed by atoms with Gasteiger partial charge in [0.25, 0.3) is 5.91 Å². The summed E-state index contributed by atoms with van der Waals surface area (Å²) in [5.41, 5.74) is 7.30. The number of rotatable bonds is 1. The molecular weight excluding hydrogens is 489 g/mol. The van der Waals surface area contributed by atoms with Crippen LogP contribution in [0.4, 0.5) is 4.39 Å². The van der Waals surface area contributed by atoms with Crippen molar-refractivity contribution >= 4 is 29.1 Å². The van der Waals surface area contributed by atoms with Gasteiger partial charge in [-0.25, -0.2) is 9.18 Å². The number of carbonyl (C=O) groups is 3. The molecule has 2 aliphatic heterocycles. The molecule has 2 aromatic rings. The number of benzene rings is 1. The first-order chi connectivity index (χ1) is 17.3. The number of ether oxygens (including phenoxy) is 3. The second-order valence-electron chi connectivity index (χ2n) is 8.96. The van der Waals surface area contributed by atoms with Crippen LogP contribution in [0.1, 0.15) is 35.4 Å². The average molecular weight is 520 g/mol. The third-order valence-electron chi connectivity index (χ3n) is 6.24. The number of hydrogen-bond acceptors (Lipinski definition) is 8. The second kappa shape index (κ2) is 11.8. The van der Waals surface area contributed by atoms with Gasteiger partial charge >= 0.3 is 5.97 Å². The van der Waals surface area contributed by atoms with E-state index >= 15 is 0 Å². The molecule has 1 saturated heterocycles.